The van der Waals surface area contributed by atoms with Crippen LogP contribution in [0.15, 0.2) is 42.5 Å². The van der Waals surface area contributed by atoms with Crippen molar-refractivity contribution in [1.82, 2.24) is 5.32 Å². The summed E-state index contributed by atoms with van der Waals surface area (Å²) >= 11 is 0. The summed E-state index contributed by atoms with van der Waals surface area (Å²) in [7, 11) is 1.51. The first kappa shape index (κ1) is 22.8. The minimum Gasteiger partial charge on any atom is -0.449 e. The Kier molecular flexibility index (Phi) is 8.24. The Morgan fingerprint density at radius 2 is 1.90 bits per heavy atom. The van der Waals surface area contributed by atoms with E-state index >= 15 is 0 Å². The molecule has 160 valence electrons. The zero-order valence-electron chi connectivity index (χ0n) is 16.5. The van der Waals surface area contributed by atoms with Crippen molar-refractivity contribution >= 4 is 23.3 Å². The fourth-order valence-corrected chi connectivity index (χ4v) is 2.47. The summed E-state index contributed by atoms with van der Waals surface area (Å²) in [6.45, 7) is 2.23. The summed E-state index contributed by atoms with van der Waals surface area (Å²) in [5.41, 5.74) is 0.638. The van der Waals surface area contributed by atoms with Gasteiger partial charge in [-0.15, -0.1) is 0 Å². The summed E-state index contributed by atoms with van der Waals surface area (Å²) in [6.07, 6.45) is -1.15. The van der Waals surface area contributed by atoms with Crippen LogP contribution in [0.3, 0.4) is 0 Å². The van der Waals surface area contributed by atoms with E-state index in [1.165, 1.54) is 50.4 Å². The van der Waals surface area contributed by atoms with Crippen LogP contribution in [-0.2, 0) is 20.8 Å². The molecular formula is C20H22FN3O6. The van der Waals surface area contributed by atoms with Gasteiger partial charge in [-0.25, -0.2) is 9.18 Å². The van der Waals surface area contributed by atoms with Gasteiger partial charge in [-0.3, -0.25) is 14.9 Å². The van der Waals surface area contributed by atoms with Gasteiger partial charge in [-0.1, -0.05) is 12.1 Å². The number of carbonyl (C=O) groups excluding carboxylic acids is 2. The van der Waals surface area contributed by atoms with Crippen molar-refractivity contribution < 1.29 is 28.4 Å². The molecule has 0 radical (unpaired) electrons. The minimum atomic E-state index is -1.15. The molecule has 2 rings (SSSR count). The number of non-ortho nitro benzene ring substituents is 1. The van der Waals surface area contributed by atoms with Crippen molar-refractivity contribution in [3.05, 3.63) is 69.5 Å². The van der Waals surface area contributed by atoms with Gasteiger partial charge >= 0.3 is 5.97 Å². The van der Waals surface area contributed by atoms with Crippen LogP contribution < -0.4 is 10.6 Å². The molecule has 2 aromatic carbocycles. The normalized spacial score (nSPS) is 11.4. The van der Waals surface area contributed by atoms with Gasteiger partial charge < -0.3 is 20.1 Å². The lowest BCUT2D eigenvalue weighted by Crippen LogP contribution is -2.35. The molecule has 10 heteroatoms. The van der Waals surface area contributed by atoms with Gasteiger partial charge in [0.1, 0.15) is 5.82 Å². The standard InChI is InChI=1S/C20H22FN3O6/c1-13(19(25)23-12-14-3-5-15(21)6-4-14)30-20(26)17-11-16(24(27)28)7-8-18(17)22-9-10-29-2/h3-8,11,13,22H,9-10,12H2,1-2H3,(H,23,25)/t13-/m0/s1. The molecule has 30 heavy (non-hydrogen) atoms. The maximum Gasteiger partial charge on any atom is 0.341 e. The molecule has 1 amide bonds. The number of rotatable bonds is 10. The van der Waals surface area contributed by atoms with Crippen LogP contribution in [0.25, 0.3) is 0 Å². The van der Waals surface area contributed by atoms with Gasteiger partial charge in [-0.2, -0.15) is 0 Å². The summed E-state index contributed by atoms with van der Waals surface area (Å²) in [4.78, 5) is 35.2. The van der Waals surface area contributed by atoms with Crippen LogP contribution in [-0.4, -0.2) is 43.2 Å². The average Bonchev–Trinajstić information content (AvgIpc) is 2.73. The fourth-order valence-electron chi connectivity index (χ4n) is 2.47. The van der Waals surface area contributed by atoms with Crippen LogP contribution in [0.2, 0.25) is 0 Å². The number of nitrogens with one attached hydrogen (secondary N) is 2. The molecule has 2 N–H and O–H groups in total. The SMILES string of the molecule is COCCNc1ccc([N+](=O)[O-])cc1C(=O)O[C@@H](C)C(=O)NCc1ccc(F)cc1. The second-order valence-electron chi connectivity index (χ2n) is 6.30. The van der Waals surface area contributed by atoms with Gasteiger partial charge in [-0.05, 0) is 30.7 Å². The number of carbonyl (C=O) groups is 2. The summed E-state index contributed by atoms with van der Waals surface area (Å²) < 4.78 is 23.0. The van der Waals surface area contributed by atoms with Crippen molar-refractivity contribution in [1.29, 1.82) is 0 Å². The van der Waals surface area contributed by atoms with Crippen LogP contribution >= 0.6 is 0 Å². The molecule has 0 aliphatic heterocycles. The lowest BCUT2D eigenvalue weighted by Gasteiger charge is -2.16. The quantitative estimate of drug-likeness (QED) is 0.263. The maximum absolute atomic E-state index is 12.9. The Morgan fingerprint density at radius 3 is 2.53 bits per heavy atom. The zero-order valence-corrected chi connectivity index (χ0v) is 16.5. The number of nitrogens with zero attached hydrogens (tertiary/aromatic N) is 1. The Labute approximate surface area is 172 Å². The number of nitro groups is 1. The number of halogens is 1. The van der Waals surface area contributed by atoms with E-state index in [9.17, 15) is 24.1 Å². The number of esters is 1. The van der Waals surface area contributed by atoms with E-state index < -0.39 is 22.9 Å². The maximum atomic E-state index is 12.9. The lowest BCUT2D eigenvalue weighted by molar-refractivity contribution is -0.384. The molecule has 0 spiro atoms. The van der Waals surface area contributed by atoms with E-state index in [1.54, 1.807) is 0 Å². The largest absolute Gasteiger partial charge is 0.449 e. The fraction of sp³-hybridized carbons (Fsp3) is 0.300. The average molecular weight is 419 g/mol. The first-order valence-corrected chi connectivity index (χ1v) is 9.06. The van der Waals surface area contributed by atoms with Crippen LogP contribution in [0.4, 0.5) is 15.8 Å². The molecule has 2 aromatic rings. The highest BCUT2D eigenvalue weighted by Gasteiger charge is 2.23. The van der Waals surface area contributed by atoms with Crippen molar-refractivity contribution in [2.24, 2.45) is 0 Å². The zero-order chi connectivity index (χ0) is 22.1. The van der Waals surface area contributed by atoms with Gasteiger partial charge in [0.05, 0.1) is 17.1 Å². The Morgan fingerprint density at radius 1 is 1.20 bits per heavy atom. The smallest absolute Gasteiger partial charge is 0.341 e. The number of anilines is 1. The van der Waals surface area contributed by atoms with Crippen molar-refractivity contribution in [2.45, 2.75) is 19.6 Å². The minimum absolute atomic E-state index is 0.0708. The molecule has 0 aromatic heterocycles. The van der Waals surface area contributed by atoms with E-state index in [0.717, 1.165) is 6.07 Å². The van der Waals surface area contributed by atoms with Crippen LogP contribution in [0.1, 0.15) is 22.8 Å². The number of nitro benzene ring substituents is 1. The van der Waals surface area contributed by atoms with Crippen molar-refractivity contribution in [3.8, 4) is 0 Å². The van der Waals surface area contributed by atoms with Gasteiger partial charge in [0.25, 0.3) is 11.6 Å². The van der Waals surface area contributed by atoms with Gasteiger partial charge in [0.15, 0.2) is 6.10 Å². The lowest BCUT2D eigenvalue weighted by atomic mass is 10.1. The molecule has 0 bridgehead atoms. The Hall–Kier alpha value is -3.53. The Bertz CT molecular complexity index is 904. The predicted molar refractivity (Wildman–Crippen MR) is 107 cm³/mol. The summed E-state index contributed by atoms with van der Waals surface area (Å²) in [5, 5.41) is 16.6. The third-order valence-electron chi connectivity index (χ3n) is 4.09. The molecule has 0 heterocycles. The molecule has 0 saturated carbocycles. The number of benzene rings is 2. The third-order valence-corrected chi connectivity index (χ3v) is 4.09. The first-order chi connectivity index (χ1) is 14.3. The number of hydrogen-bond donors (Lipinski definition) is 2. The third kappa shape index (κ3) is 6.52. The molecule has 0 aliphatic carbocycles. The summed E-state index contributed by atoms with van der Waals surface area (Å²) in [6, 6.07) is 9.31. The summed E-state index contributed by atoms with van der Waals surface area (Å²) in [5.74, 6) is -1.84. The van der Waals surface area contributed by atoms with E-state index in [1.807, 2.05) is 0 Å². The van der Waals surface area contributed by atoms with E-state index in [0.29, 0.717) is 24.4 Å². The van der Waals surface area contributed by atoms with Crippen LogP contribution in [0.5, 0.6) is 0 Å². The molecule has 0 unspecified atom stereocenters. The second-order valence-corrected chi connectivity index (χ2v) is 6.30. The highest BCUT2D eigenvalue weighted by atomic mass is 19.1. The van der Waals surface area contributed by atoms with Crippen molar-refractivity contribution in [2.75, 3.05) is 25.6 Å². The second kappa shape index (κ2) is 10.9. The molecule has 9 nitrogen and oxygen atoms in total. The highest BCUT2D eigenvalue weighted by molar-refractivity contribution is 5.98. The van der Waals surface area contributed by atoms with E-state index in [4.69, 9.17) is 9.47 Å². The molecule has 0 fully saturated rings. The monoisotopic (exact) mass is 419 g/mol. The van der Waals surface area contributed by atoms with Gasteiger partial charge in [0, 0.05) is 38.0 Å². The number of ether oxygens (including phenoxy) is 2. The van der Waals surface area contributed by atoms with Crippen molar-refractivity contribution in [3.63, 3.8) is 0 Å². The molecule has 1 atom stereocenters. The number of amides is 1. The van der Waals surface area contributed by atoms with E-state index in [-0.39, 0.29) is 23.6 Å². The first-order valence-electron chi connectivity index (χ1n) is 9.06. The topological polar surface area (TPSA) is 120 Å². The number of hydrogen-bond acceptors (Lipinski definition) is 7. The number of methoxy groups -OCH3 is 1. The molecule has 0 aliphatic rings. The highest BCUT2D eigenvalue weighted by Crippen LogP contribution is 2.23. The van der Waals surface area contributed by atoms with E-state index in [2.05, 4.69) is 10.6 Å². The Balaban J connectivity index is 2.04. The predicted octanol–water partition coefficient (Wildman–Crippen LogP) is 2.65. The molecule has 0 saturated heterocycles. The molecular weight excluding hydrogens is 397 g/mol. The van der Waals surface area contributed by atoms with Gasteiger partial charge in [0.2, 0.25) is 0 Å². The van der Waals surface area contributed by atoms with Crippen LogP contribution in [0, 0.1) is 15.9 Å².